The maximum atomic E-state index is 6.01. The third-order valence-corrected chi connectivity index (χ3v) is 3.57. The number of nitrogens with zero attached hydrogens (tertiary/aromatic N) is 2. The minimum Gasteiger partial charge on any atom is -0.371 e. The van der Waals surface area contributed by atoms with Crippen molar-refractivity contribution in [1.82, 2.24) is 14.9 Å². The maximum absolute atomic E-state index is 6.01. The Bertz CT molecular complexity index is 317. The predicted octanol–water partition coefficient (Wildman–Crippen LogP) is 0.967. The van der Waals surface area contributed by atoms with Gasteiger partial charge in [0.1, 0.15) is 0 Å². The van der Waals surface area contributed by atoms with Crippen molar-refractivity contribution in [3.63, 3.8) is 0 Å². The highest BCUT2D eigenvalue weighted by Crippen LogP contribution is 2.37. The Morgan fingerprint density at radius 3 is 3.27 bits per heavy atom. The van der Waals surface area contributed by atoms with Crippen molar-refractivity contribution in [2.45, 2.75) is 30.9 Å². The fraction of sp³-hybridized carbons (Fsp3) is 0.727. The lowest BCUT2D eigenvalue weighted by Gasteiger charge is -2.33. The Kier molecular flexibility index (Phi) is 2.25. The summed E-state index contributed by atoms with van der Waals surface area (Å²) in [6.07, 6.45) is 9.31. The minimum atomic E-state index is 0.104. The maximum Gasteiger partial charge on any atom is 0.0949 e. The van der Waals surface area contributed by atoms with Gasteiger partial charge in [-0.1, -0.05) is 0 Å². The fourth-order valence-corrected chi connectivity index (χ4v) is 2.73. The molecule has 0 bridgehead atoms. The third kappa shape index (κ3) is 1.68. The summed E-state index contributed by atoms with van der Waals surface area (Å²) in [6, 6.07) is 0.479. The van der Waals surface area contributed by atoms with Crippen molar-refractivity contribution in [1.29, 1.82) is 0 Å². The molecule has 0 amide bonds. The first-order chi connectivity index (χ1) is 7.38. The number of hydrogen-bond donors (Lipinski definition) is 1. The lowest BCUT2D eigenvalue weighted by atomic mass is 9.90. The Hall–Kier alpha value is -0.870. The number of hydrogen-bond acceptors (Lipinski definition) is 3. The van der Waals surface area contributed by atoms with Crippen molar-refractivity contribution in [2.24, 2.45) is 0 Å². The molecule has 2 atom stereocenters. The van der Waals surface area contributed by atoms with Crippen LogP contribution in [-0.4, -0.2) is 34.8 Å². The number of rotatable bonds is 1. The smallest absolute Gasteiger partial charge is 0.0949 e. The molecule has 3 heterocycles. The van der Waals surface area contributed by atoms with Crippen LogP contribution in [0.3, 0.4) is 0 Å². The zero-order valence-electron chi connectivity index (χ0n) is 8.85. The molecule has 4 heteroatoms. The van der Waals surface area contributed by atoms with Gasteiger partial charge in [-0.2, -0.15) is 0 Å². The molecule has 4 nitrogen and oxygen atoms in total. The lowest BCUT2D eigenvalue weighted by Crippen LogP contribution is -2.45. The van der Waals surface area contributed by atoms with E-state index in [1.165, 1.54) is 12.8 Å². The molecule has 0 aromatic carbocycles. The van der Waals surface area contributed by atoms with Crippen LogP contribution in [0.5, 0.6) is 0 Å². The number of piperidine rings is 1. The van der Waals surface area contributed by atoms with E-state index >= 15 is 0 Å². The SMILES string of the molecule is c1cn(C2COC3(CCCNC3)C2)cn1. The van der Waals surface area contributed by atoms with Gasteiger partial charge in [0.2, 0.25) is 0 Å². The summed E-state index contributed by atoms with van der Waals surface area (Å²) in [5.74, 6) is 0. The Labute approximate surface area is 89.6 Å². The molecule has 82 valence electrons. The Morgan fingerprint density at radius 2 is 2.53 bits per heavy atom. The van der Waals surface area contributed by atoms with Crippen LogP contribution in [0.25, 0.3) is 0 Å². The highest BCUT2D eigenvalue weighted by molar-refractivity contribution is 4.96. The first-order valence-electron chi connectivity index (χ1n) is 5.70. The summed E-state index contributed by atoms with van der Waals surface area (Å²) in [6.45, 7) is 2.98. The molecule has 0 aliphatic carbocycles. The topological polar surface area (TPSA) is 39.1 Å². The van der Waals surface area contributed by atoms with Crippen LogP contribution in [0.15, 0.2) is 18.7 Å². The van der Waals surface area contributed by atoms with Crippen molar-refractivity contribution in [2.75, 3.05) is 19.7 Å². The van der Waals surface area contributed by atoms with E-state index in [9.17, 15) is 0 Å². The van der Waals surface area contributed by atoms with Gasteiger partial charge in [0.05, 0.1) is 24.6 Å². The minimum absolute atomic E-state index is 0.104. The molecule has 1 spiro atoms. The van der Waals surface area contributed by atoms with Crippen LogP contribution in [0.2, 0.25) is 0 Å². The van der Waals surface area contributed by atoms with E-state index in [1.807, 2.05) is 18.7 Å². The van der Waals surface area contributed by atoms with Gasteiger partial charge in [-0.15, -0.1) is 0 Å². The van der Waals surface area contributed by atoms with E-state index in [1.54, 1.807) is 0 Å². The van der Waals surface area contributed by atoms with Gasteiger partial charge in [0.15, 0.2) is 0 Å². The van der Waals surface area contributed by atoms with E-state index in [0.717, 1.165) is 26.1 Å². The second-order valence-corrected chi connectivity index (χ2v) is 4.64. The van der Waals surface area contributed by atoms with Crippen LogP contribution >= 0.6 is 0 Å². The second kappa shape index (κ2) is 3.61. The normalized spacial score (nSPS) is 36.1. The van der Waals surface area contributed by atoms with E-state index < -0.39 is 0 Å². The summed E-state index contributed by atoms with van der Waals surface area (Å²) in [5.41, 5.74) is 0.104. The van der Waals surface area contributed by atoms with Gasteiger partial charge < -0.3 is 14.6 Å². The van der Waals surface area contributed by atoms with E-state index in [-0.39, 0.29) is 5.60 Å². The predicted molar refractivity (Wildman–Crippen MR) is 56.7 cm³/mol. The van der Waals surface area contributed by atoms with Crippen LogP contribution in [0, 0.1) is 0 Å². The molecule has 1 aromatic rings. The zero-order chi connectivity index (χ0) is 10.1. The zero-order valence-corrected chi connectivity index (χ0v) is 8.85. The van der Waals surface area contributed by atoms with Gasteiger partial charge in [0, 0.05) is 25.4 Å². The van der Waals surface area contributed by atoms with E-state index in [0.29, 0.717) is 6.04 Å². The summed E-state index contributed by atoms with van der Waals surface area (Å²) in [4.78, 5) is 4.09. The standard InChI is InChI=1S/C11H17N3O/c1-2-11(8-12-3-1)6-10(7-15-11)14-5-4-13-9-14/h4-5,9-10,12H,1-3,6-8H2. The molecule has 2 aliphatic rings. The molecule has 15 heavy (non-hydrogen) atoms. The molecule has 1 N–H and O–H groups in total. The molecule has 1 aromatic heterocycles. The van der Waals surface area contributed by atoms with Gasteiger partial charge in [-0.05, 0) is 19.4 Å². The van der Waals surface area contributed by atoms with Crippen LogP contribution in [-0.2, 0) is 4.74 Å². The lowest BCUT2D eigenvalue weighted by molar-refractivity contribution is -0.0142. The average Bonchev–Trinajstić information content (AvgIpc) is 2.88. The Morgan fingerprint density at radius 1 is 1.53 bits per heavy atom. The number of ether oxygens (including phenoxy) is 1. The monoisotopic (exact) mass is 207 g/mol. The average molecular weight is 207 g/mol. The van der Waals surface area contributed by atoms with Crippen LogP contribution < -0.4 is 5.32 Å². The first-order valence-corrected chi connectivity index (χ1v) is 5.70. The van der Waals surface area contributed by atoms with Gasteiger partial charge in [0.25, 0.3) is 0 Å². The summed E-state index contributed by atoms with van der Waals surface area (Å²) >= 11 is 0. The molecule has 2 fully saturated rings. The van der Waals surface area contributed by atoms with E-state index in [4.69, 9.17) is 4.74 Å². The summed E-state index contributed by atoms with van der Waals surface area (Å²) in [7, 11) is 0. The van der Waals surface area contributed by atoms with Crippen LogP contribution in [0.4, 0.5) is 0 Å². The molecule has 2 unspecified atom stereocenters. The number of imidazole rings is 1. The summed E-state index contributed by atoms with van der Waals surface area (Å²) < 4.78 is 8.18. The van der Waals surface area contributed by atoms with Crippen LogP contribution in [0.1, 0.15) is 25.3 Å². The largest absolute Gasteiger partial charge is 0.371 e. The highest BCUT2D eigenvalue weighted by Gasteiger charge is 2.41. The van der Waals surface area contributed by atoms with Crippen molar-refractivity contribution >= 4 is 0 Å². The van der Waals surface area contributed by atoms with Gasteiger partial charge >= 0.3 is 0 Å². The molecule has 0 saturated carbocycles. The Balaban J connectivity index is 1.72. The van der Waals surface area contributed by atoms with Crippen molar-refractivity contribution in [3.05, 3.63) is 18.7 Å². The van der Waals surface area contributed by atoms with E-state index in [2.05, 4.69) is 14.9 Å². The second-order valence-electron chi connectivity index (χ2n) is 4.64. The van der Waals surface area contributed by atoms with Crippen molar-refractivity contribution in [3.8, 4) is 0 Å². The molecular weight excluding hydrogens is 190 g/mol. The summed E-state index contributed by atoms with van der Waals surface area (Å²) in [5, 5.41) is 3.43. The van der Waals surface area contributed by atoms with Gasteiger partial charge in [-0.3, -0.25) is 0 Å². The molecule has 2 saturated heterocycles. The van der Waals surface area contributed by atoms with Crippen molar-refractivity contribution < 1.29 is 4.74 Å². The highest BCUT2D eigenvalue weighted by atomic mass is 16.5. The number of nitrogens with one attached hydrogen (secondary N) is 1. The van der Waals surface area contributed by atoms with Gasteiger partial charge in [-0.25, -0.2) is 4.98 Å². The first kappa shape index (κ1) is 9.36. The molecular formula is C11H17N3O. The third-order valence-electron chi connectivity index (χ3n) is 3.57. The fourth-order valence-electron chi connectivity index (χ4n) is 2.73. The molecule has 2 aliphatic heterocycles. The number of aromatic nitrogens is 2. The quantitative estimate of drug-likeness (QED) is 0.745. The molecule has 3 rings (SSSR count). The molecule has 0 radical (unpaired) electrons.